The van der Waals surface area contributed by atoms with E-state index < -0.39 is 0 Å². The molecule has 3 heteroatoms. The van der Waals surface area contributed by atoms with E-state index in [0.29, 0.717) is 0 Å². The van der Waals surface area contributed by atoms with Gasteiger partial charge in [-0.05, 0) is 40.6 Å². The molecule has 1 aliphatic heterocycles. The van der Waals surface area contributed by atoms with Crippen LogP contribution in [0, 0.1) is 0 Å². The average Bonchev–Trinajstić information content (AvgIpc) is 2.41. The number of dihydropyridines is 1. The maximum Gasteiger partial charge on any atom is 0.0386 e. The van der Waals surface area contributed by atoms with Gasteiger partial charge in [-0.2, -0.15) is 0 Å². The molecule has 1 nitrogen and oxygen atoms in total. The lowest BCUT2D eigenvalue weighted by Gasteiger charge is -2.29. The molecule has 0 aromatic heterocycles. The molecule has 1 rings (SSSR count). The van der Waals surface area contributed by atoms with Gasteiger partial charge >= 0.3 is 0 Å². The van der Waals surface area contributed by atoms with Gasteiger partial charge in [0.1, 0.15) is 0 Å². The summed E-state index contributed by atoms with van der Waals surface area (Å²) < 4.78 is 0. The van der Waals surface area contributed by atoms with E-state index in [1.807, 2.05) is 0 Å². The molecule has 0 spiro atoms. The minimum atomic E-state index is -0.0635. The summed E-state index contributed by atoms with van der Waals surface area (Å²) >= 11 is 0. The fourth-order valence-electron chi connectivity index (χ4n) is 2.92. The third kappa shape index (κ3) is 6.17. The van der Waals surface area contributed by atoms with Crippen molar-refractivity contribution in [1.82, 2.24) is 5.32 Å². The van der Waals surface area contributed by atoms with Gasteiger partial charge in [-0.3, -0.25) is 0 Å². The van der Waals surface area contributed by atoms with E-state index in [1.165, 1.54) is 17.6 Å². The molecule has 0 aliphatic carbocycles. The molecule has 0 unspecified atom stereocenters. The van der Waals surface area contributed by atoms with Crippen LogP contribution >= 0.6 is 15.8 Å². The van der Waals surface area contributed by atoms with Crippen LogP contribution in [-0.2, 0) is 0 Å². The molecular weight excluding hydrogens is 304 g/mol. The van der Waals surface area contributed by atoms with Gasteiger partial charge in [0.2, 0.25) is 0 Å². The second-order valence-electron chi connectivity index (χ2n) is 7.26. The summed E-state index contributed by atoms with van der Waals surface area (Å²) in [5.41, 5.74) is 5.79. The first-order valence-corrected chi connectivity index (χ1v) is 11.8. The smallest absolute Gasteiger partial charge is 0.0386 e. The van der Waals surface area contributed by atoms with E-state index in [9.17, 15) is 0 Å². The van der Waals surface area contributed by atoms with Crippen LogP contribution in [0.2, 0.25) is 0 Å². The van der Waals surface area contributed by atoms with Crippen LogP contribution in [-0.4, -0.2) is 28.8 Å². The molecule has 0 amide bonds. The van der Waals surface area contributed by atoms with Gasteiger partial charge in [0.25, 0.3) is 0 Å². The van der Waals surface area contributed by atoms with Crippen molar-refractivity contribution in [1.29, 1.82) is 0 Å². The first-order valence-electron chi connectivity index (χ1n) is 8.61. The summed E-state index contributed by atoms with van der Waals surface area (Å²) in [5, 5.41) is 3.70. The van der Waals surface area contributed by atoms with Gasteiger partial charge in [-0.25, -0.2) is 0 Å². The highest BCUT2D eigenvalue weighted by molar-refractivity contribution is 7.62. The Morgan fingerprint density at radius 1 is 0.909 bits per heavy atom. The van der Waals surface area contributed by atoms with Crippen molar-refractivity contribution in [3.63, 3.8) is 0 Å². The van der Waals surface area contributed by atoms with Gasteiger partial charge in [0, 0.05) is 17.6 Å². The number of rotatable bonds is 7. The fraction of sp³-hybridized carbons (Fsp3) is 0.684. The summed E-state index contributed by atoms with van der Waals surface area (Å²) in [7, 11) is -0.0159. The predicted octanol–water partition coefficient (Wildman–Crippen LogP) is 6.47. The van der Waals surface area contributed by atoms with Crippen LogP contribution in [0.25, 0.3) is 0 Å². The molecule has 22 heavy (non-hydrogen) atoms. The molecule has 0 radical (unpaired) electrons. The third-order valence-corrected chi connectivity index (χ3v) is 10.4. The predicted molar refractivity (Wildman–Crippen MR) is 108 cm³/mol. The van der Waals surface area contributed by atoms with Crippen molar-refractivity contribution in [3.05, 3.63) is 35.4 Å². The number of hydrogen-bond donors (Lipinski definition) is 1. The Morgan fingerprint density at radius 3 is 1.91 bits per heavy atom. The van der Waals surface area contributed by atoms with E-state index >= 15 is 0 Å². The van der Waals surface area contributed by atoms with Crippen molar-refractivity contribution in [2.45, 2.75) is 78.0 Å². The van der Waals surface area contributed by atoms with E-state index in [4.69, 9.17) is 0 Å². The van der Waals surface area contributed by atoms with E-state index in [1.54, 1.807) is 0 Å². The summed E-state index contributed by atoms with van der Waals surface area (Å²) in [4.78, 5) is 0. The van der Waals surface area contributed by atoms with Crippen LogP contribution in [0.5, 0.6) is 0 Å². The van der Waals surface area contributed by atoms with Crippen LogP contribution in [0.4, 0.5) is 0 Å². The molecule has 0 aromatic rings. The summed E-state index contributed by atoms with van der Waals surface area (Å²) in [6, 6.07) is 0. The molecule has 0 atom stereocenters. The second-order valence-corrected chi connectivity index (χ2v) is 13.9. The summed E-state index contributed by atoms with van der Waals surface area (Å²) in [6.45, 7) is 18.9. The van der Waals surface area contributed by atoms with E-state index in [-0.39, 0.29) is 15.8 Å². The van der Waals surface area contributed by atoms with Crippen molar-refractivity contribution < 1.29 is 0 Å². The van der Waals surface area contributed by atoms with E-state index in [2.05, 4.69) is 84.8 Å². The molecule has 126 valence electrons. The molecule has 0 aromatic carbocycles. The summed E-state index contributed by atoms with van der Waals surface area (Å²) in [5.74, 6) is 2.50. The molecule has 1 aliphatic rings. The maximum atomic E-state index is 3.70. The SMILES string of the molecule is CC(C)P(/C=C1/C=CC=C(CP(C(C)C)C(C)C)N1)C(C)C. The lowest BCUT2D eigenvalue weighted by molar-refractivity contribution is 0.957. The molecule has 1 heterocycles. The highest BCUT2D eigenvalue weighted by Crippen LogP contribution is 2.49. The van der Waals surface area contributed by atoms with Gasteiger partial charge in [0.05, 0.1) is 0 Å². The Hall–Kier alpha value is -0.120. The van der Waals surface area contributed by atoms with Crippen molar-refractivity contribution >= 4 is 15.8 Å². The zero-order chi connectivity index (χ0) is 16.9. The summed E-state index contributed by atoms with van der Waals surface area (Å²) in [6.07, 6.45) is 7.94. The van der Waals surface area contributed by atoms with E-state index in [0.717, 1.165) is 22.6 Å². The highest BCUT2D eigenvalue weighted by Gasteiger charge is 2.20. The van der Waals surface area contributed by atoms with Crippen molar-refractivity contribution in [2.24, 2.45) is 0 Å². The van der Waals surface area contributed by atoms with Crippen LogP contribution in [0.3, 0.4) is 0 Å². The quantitative estimate of drug-likeness (QED) is 0.524. The Morgan fingerprint density at radius 2 is 1.45 bits per heavy atom. The molecule has 0 fully saturated rings. The normalized spacial score (nSPS) is 17.5. The third-order valence-electron chi connectivity index (χ3n) is 4.04. The second kappa shape index (κ2) is 9.24. The molecular formula is C19H35NP2. The van der Waals surface area contributed by atoms with Gasteiger partial charge < -0.3 is 5.32 Å². The Kier molecular flexibility index (Phi) is 8.37. The zero-order valence-corrected chi connectivity index (χ0v) is 17.5. The first kappa shape index (κ1) is 19.9. The topological polar surface area (TPSA) is 12.0 Å². The highest BCUT2D eigenvalue weighted by atomic mass is 31.1. The Labute approximate surface area is 141 Å². The lowest BCUT2D eigenvalue weighted by Crippen LogP contribution is -2.20. The monoisotopic (exact) mass is 339 g/mol. The Balaban J connectivity index is 2.80. The number of hydrogen-bond acceptors (Lipinski definition) is 1. The minimum Gasteiger partial charge on any atom is -0.359 e. The van der Waals surface area contributed by atoms with Crippen molar-refractivity contribution in [2.75, 3.05) is 6.16 Å². The van der Waals surface area contributed by atoms with Gasteiger partial charge in [0.15, 0.2) is 0 Å². The van der Waals surface area contributed by atoms with Gasteiger partial charge in [-0.1, -0.05) is 77.3 Å². The molecule has 1 N–H and O–H groups in total. The van der Waals surface area contributed by atoms with Crippen LogP contribution in [0.15, 0.2) is 35.4 Å². The standard InChI is InChI=1S/C19H35NP2/c1-14(2)21(15(3)4)12-18-10-9-11-19(20-18)13-22(16(5)6)17(7)8/h9-12,14-17,20H,13H2,1-8H3/b18-12-. The lowest BCUT2D eigenvalue weighted by atomic mass is 10.3. The minimum absolute atomic E-state index is 0.0476. The molecule has 0 saturated carbocycles. The zero-order valence-electron chi connectivity index (χ0n) is 15.7. The number of allylic oxidation sites excluding steroid dienone is 4. The average molecular weight is 339 g/mol. The van der Waals surface area contributed by atoms with Crippen molar-refractivity contribution in [3.8, 4) is 0 Å². The maximum absolute atomic E-state index is 3.70. The first-order chi connectivity index (χ1) is 10.2. The van der Waals surface area contributed by atoms with Gasteiger partial charge in [-0.15, -0.1) is 0 Å². The van der Waals surface area contributed by atoms with Crippen LogP contribution in [0.1, 0.15) is 55.4 Å². The molecule has 0 bridgehead atoms. The fourth-order valence-corrected chi connectivity index (χ4v) is 7.68. The molecule has 0 saturated heterocycles. The largest absolute Gasteiger partial charge is 0.359 e. The van der Waals surface area contributed by atoms with Crippen LogP contribution < -0.4 is 5.32 Å². The Bertz CT molecular complexity index is 415. The number of nitrogens with one attached hydrogen (secondary N) is 1.